The average Bonchev–Trinajstić information content (AvgIpc) is 4.04. The molecule has 0 N–H and O–H groups in total. The SMILES string of the molecule is COC(=O)CCC1=C(C)c2cc3[n-]c(cc4nc(cc5[n-]c(cc1n2)c1ccc2nsnc2c51)C(CCC(=O)OC)=C4C)c1c2ccccc2c2ccccc2c31.[Cu+2]. The van der Waals surface area contributed by atoms with Crippen LogP contribution in [0.4, 0.5) is 0 Å². The summed E-state index contributed by atoms with van der Waals surface area (Å²) in [5.41, 5.74) is 11.3. The smallest absolute Gasteiger partial charge is 0.657 e. The molecule has 2 aliphatic heterocycles. The minimum atomic E-state index is -0.295. The Morgan fingerprint density at radius 2 is 1.03 bits per heavy atom. The maximum absolute atomic E-state index is 12.5. The number of rotatable bonds is 6. The number of ether oxygens (including phenoxy) is 2. The summed E-state index contributed by atoms with van der Waals surface area (Å²) in [6.45, 7) is 4.10. The molecule has 10 rings (SSSR count). The van der Waals surface area contributed by atoms with Crippen molar-refractivity contribution in [2.75, 3.05) is 14.2 Å². The number of benzene rings is 4. The van der Waals surface area contributed by atoms with Crippen molar-refractivity contribution in [2.45, 2.75) is 39.5 Å². The summed E-state index contributed by atoms with van der Waals surface area (Å²) in [5.74, 6) is -0.587. The van der Waals surface area contributed by atoms with Gasteiger partial charge in [-0.15, -0.1) is 22.1 Å². The molecule has 289 valence electrons. The van der Waals surface area contributed by atoms with E-state index in [4.69, 9.17) is 33.8 Å². The van der Waals surface area contributed by atoms with Gasteiger partial charge in [0, 0.05) is 12.8 Å². The summed E-state index contributed by atoms with van der Waals surface area (Å²) >= 11 is 1.16. The third kappa shape index (κ3) is 5.98. The zero-order chi connectivity index (χ0) is 38.9. The minimum Gasteiger partial charge on any atom is -0.657 e. The Hall–Kier alpha value is -6.20. The van der Waals surface area contributed by atoms with Crippen molar-refractivity contribution in [3.63, 3.8) is 0 Å². The Morgan fingerprint density at radius 1 is 0.569 bits per heavy atom. The summed E-state index contributed by atoms with van der Waals surface area (Å²) in [6, 6.07) is 29.0. The first-order valence-electron chi connectivity index (χ1n) is 18.8. The van der Waals surface area contributed by atoms with Gasteiger partial charge in [-0.25, -0.2) is 9.97 Å². The minimum absolute atomic E-state index is 0. The van der Waals surface area contributed by atoms with Crippen LogP contribution in [0.5, 0.6) is 0 Å². The van der Waals surface area contributed by atoms with Gasteiger partial charge in [-0.3, -0.25) is 9.59 Å². The Bertz CT molecular complexity index is 3300. The van der Waals surface area contributed by atoms with E-state index in [-0.39, 0.29) is 41.8 Å². The fourth-order valence-corrected chi connectivity index (χ4v) is 9.03. The predicted molar refractivity (Wildman–Crippen MR) is 227 cm³/mol. The Labute approximate surface area is 346 Å². The van der Waals surface area contributed by atoms with Gasteiger partial charge in [0.15, 0.2) is 0 Å². The molecule has 0 unspecified atom stereocenters. The van der Waals surface area contributed by atoms with Crippen LogP contribution < -0.4 is 9.97 Å². The zero-order valence-electron chi connectivity index (χ0n) is 31.9. The van der Waals surface area contributed by atoms with Crippen molar-refractivity contribution in [3.05, 3.63) is 108 Å². The number of allylic oxidation sites excluding steroid dienone is 4. The first-order chi connectivity index (χ1) is 27.8. The second-order valence-corrected chi connectivity index (χ2v) is 15.0. The van der Waals surface area contributed by atoms with Crippen molar-refractivity contribution < 1.29 is 36.1 Å². The number of esters is 2. The molecule has 1 radical (unpaired) electrons. The number of nitrogens with zero attached hydrogens (tertiary/aromatic N) is 6. The third-order valence-electron chi connectivity index (χ3n) is 11.4. The van der Waals surface area contributed by atoms with E-state index in [1.54, 1.807) is 0 Å². The molecule has 8 bridgehead atoms. The van der Waals surface area contributed by atoms with Crippen LogP contribution >= 0.6 is 11.7 Å². The summed E-state index contributed by atoms with van der Waals surface area (Å²) in [7, 11) is 2.81. The van der Waals surface area contributed by atoms with E-state index in [9.17, 15) is 9.59 Å². The van der Waals surface area contributed by atoms with Crippen molar-refractivity contribution in [3.8, 4) is 0 Å². The molecule has 2 aliphatic rings. The zero-order valence-corrected chi connectivity index (χ0v) is 33.7. The average molecular weight is 830 g/mol. The predicted octanol–water partition coefficient (Wildman–Crippen LogP) is 9.96. The van der Waals surface area contributed by atoms with E-state index in [1.165, 1.54) is 14.2 Å². The molecule has 8 aromatic rings. The first-order valence-corrected chi connectivity index (χ1v) is 19.5. The number of carbonyl (C=O) groups excluding carboxylic acids is 2. The molecule has 0 amide bonds. The van der Waals surface area contributed by atoms with Gasteiger partial charge in [0.25, 0.3) is 0 Å². The van der Waals surface area contributed by atoms with Crippen molar-refractivity contribution in [1.29, 1.82) is 0 Å². The van der Waals surface area contributed by atoms with Crippen LogP contribution in [0.2, 0.25) is 0 Å². The maximum atomic E-state index is 12.5. The Kier molecular flexibility index (Phi) is 9.43. The van der Waals surface area contributed by atoms with E-state index in [0.29, 0.717) is 29.6 Å². The number of methoxy groups -OCH3 is 2. The monoisotopic (exact) mass is 829 g/mol. The maximum Gasteiger partial charge on any atom is 2.00 e. The number of hydrogen-bond acceptors (Lipinski definition) is 9. The van der Waals surface area contributed by atoms with E-state index in [0.717, 1.165) is 116 Å². The van der Waals surface area contributed by atoms with Gasteiger partial charge < -0.3 is 19.4 Å². The summed E-state index contributed by atoms with van der Waals surface area (Å²) in [4.78, 5) is 46.2. The summed E-state index contributed by atoms with van der Waals surface area (Å²) in [6.07, 6.45) is 1.27. The molecule has 12 heteroatoms. The fourth-order valence-electron chi connectivity index (χ4n) is 8.49. The Morgan fingerprint density at radius 3 is 1.57 bits per heavy atom. The van der Waals surface area contributed by atoms with Crippen LogP contribution in [-0.2, 0) is 36.1 Å². The van der Waals surface area contributed by atoms with Crippen LogP contribution in [0.15, 0.2) is 84.9 Å². The Balaban J connectivity index is 0.00000436. The van der Waals surface area contributed by atoms with E-state index in [1.807, 2.05) is 24.3 Å². The van der Waals surface area contributed by atoms with Crippen molar-refractivity contribution >= 4 is 122 Å². The molecule has 0 saturated heterocycles. The van der Waals surface area contributed by atoms with Crippen molar-refractivity contribution in [2.24, 2.45) is 0 Å². The second kappa shape index (κ2) is 14.6. The number of carbonyl (C=O) groups is 2. The van der Waals surface area contributed by atoms with Crippen LogP contribution in [0.1, 0.15) is 62.3 Å². The molecule has 4 aromatic carbocycles. The molecule has 58 heavy (non-hydrogen) atoms. The normalized spacial score (nSPS) is 13.0. The summed E-state index contributed by atoms with van der Waals surface area (Å²) in [5, 5.41) is 8.26. The fraction of sp³-hybridized carbons (Fsp3) is 0.174. The quantitative estimate of drug-likeness (QED) is 0.0906. The molecule has 4 aromatic heterocycles. The van der Waals surface area contributed by atoms with Gasteiger partial charge in [-0.05, 0) is 98.1 Å². The molecule has 0 atom stereocenters. The molecule has 10 nitrogen and oxygen atoms in total. The number of fused-ring (bicyclic) bond motifs is 21. The molecular weight excluding hydrogens is 796 g/mol. The number of hydrogen-bond donors (Lipinski definition) is 0. The molecule has 0 spiro atoms. The van der Waals surface area contributed by atoms with Crippen molar-refractivity contribution in [1.82, 2.24) is 28.7 Å². The third-order valence-corrected chi connectivity index (χ3v) is 11.9. The van der Waals surface area contributed by atoms with Crippen LogP contribution in [0.25, 0.3) is 98.5 Å². The van der Waals surface area contributed by atoms with Gasteiger partial charge in [0.1, 0.15) is 11.0 Å². The molecule has 0 saturated carbocycles. The van der Waals surface area contributed by atoms with Crippen LogP contribution in [0, 0.1) is 0 Å². The number of aromatic nitrogens is 6. The van der Waals surface area contributed by atoms with Gasteiger partial charge in [0.05, 0.1) is 48.7 Å². The van der Waals surface area contributed by atoms with E-state index in [2.05, 4.69) is 78.9 Å². The van der Waals surface area contributed by atoms with Gasteiger partial charge in [-0.2, -0.15) is 8.75 Å². The largest absolute Gasteiger partial charge is 2.00 e. The van der Waals surface area contributed by atoms with Crippen LogP contribution in [0.3, 0.4) is 0 Å². The van der Waals surface area contributed by atoms with Gasteiger partial charge >= 0.3 is 29.0 Å². The first kappa shape index (κ1) is 37.4. The van der Waals surface area contributed by atoms with E-state index >= 15 is 0 Å². The van der Waals surface area contributed by atoms with Crippen LogP contribution in [-0.4, -0.2) is 44.9 Å². The molecule has 0 aliphatic carbocycles. The second-order valence-electron chi connectivity index (χ2n) is 14.4. The summed E-state index contributed by atoms with van der Waals surface area (Å²) < 4.78 is 19.4. The molecule has 0 fully saturated rings. The van der Waals surface area contributed by atoms with Gasteiger partial charge in [-0.1, -0.05) is 78.9 Å². The topological polar surface area (TPSA) is 132 Å². The van der Waals surface area contributed by atoms with Gasteiger partial charge in [0.2, 0.25) is 0 Å². The van der Waals surface area contributed by atoms with E-state index < -0.39 is 0 Å². The molecule has 6 heterocycles. The standard InChI is InChI=1S/C46H34N6O4S.Cu/c1-23-25(14-17-41(53)55-3)35-21-37-31-13-16-32-46(52-57-51-32)45(31)40(49-37)22-36-26(15-18-42(54)56-4)24(2)34(48-36)20-39-44-30-12-8-6-10-28(30)27-9-5-7-11-29(27)43(44)38(50-39)19-33(23)47-35;/h5-13,16,19-22H,14-15,17-18H2,1-4H3;/q-2;+2. The molecular formula is C46H34CuN6O4S.